The summed E-state index contributed by atoms with van der Waals surface area (Å²) in [6.07, 6.45) is 2.30. The van der Waals surface area contributed by atoms with Crippen molar-refractivity contribution in [2.75, 3.05) is 25.5 Å². The lowest BCUT2D eigenvalue weighted by Gasteiger charge is -2.17. The zero-order valence-electron chi connectivity index (χ0n) is 17.5. The van der Waals surface area contributed by atoms with Gasteiger partial charge in [-0.15, -0.1) is 0 Å². The van der Waals surface area contributed by atoms with Gasteiger partial charge >= 0.3 is 0 Å². The Hall–Kier alpha value is -3.68. The van der Waals surface area contributed by atoms with Crippen LogP contribution < -0.4 is 15.6 Å². The molecule has 160 valence electrons. The number of fused-ring (bicyclic) bond motifs is 1. The van der Waals surface area contributed by atoms with E-state index in [0.717, 1.165) is 11.3 Å². The van der Waals surface area contributed by atoms with Crippen LogP contribution in [0.25, 0.3) is 10.9 Å². The number of anilines is 1. The summed E-state index contributed by atoms with van der Waals surface area (Å²) in [6.45, 7) is 0.900. The predicted molar refractivity (Wildman–Crippen MR) is 117 cm³/mol. The number of carbonyl (C=O) groups excluding carboxylic acids is 2. The second-order valence-electron chi connectivity index (χ2n) is 7.68. The number of benzene rings is 2. The number of methoxy groups -OCH3 is 1. The molecule has 0 radical (unpaired) electrons. The Morgan fingerprint density at radius 1 is 1.23 bits per heavy atom. The summed E-state index contributed by atoms with van der Waals surface area (Å²) in [5, 5.41) is 3.28. The van der Waals surface area contributed by atoms with E-state index in [9.17, 15) is 14.4 Å². The van der Waals surface area contributed by atoms with E-state index in [4.69, 9.17) is 4.74 Å². The Balaban J connectivity index is 1.41. The van der Waals surface area contributed by atoms with Crippen molar-refractivity contribution in [3.63, 3.8) is 0 Å². The van der Waals surface area contributed by atoms with Crippen molar-refractivity contribution in [1.29, 1.82) is 0 Å². The molecule has 0 spiro atoms. The summed E-state index contributed by atoms with van der Waals surface area (Å²) in [5.41, 5.74) is 1.93. The van der Waals surface area contributed by atoms with Crippen LogP contribution in [-0.4, -0.2) is 46.5 Å². The van der Waals surface area contributed by atoms with E-state index in [1.807, 2.05) is 24.3 Å². The molecule has 0 saturated carbocycles. The molecule has 1 unspecified atom stereocenters. The van der Waals surface area contributed by atoms with Gasteiger partial charge in [-0.05, 0) is 36.2 Å². The van der Waals surface area contributed by atoms with Gasteiger partial charge in [-0.1, -0.05) is 18.2 Å². The van der Waals surface area contributed by atoms with E-state index in [0.29, 0.717) is 36.1 Å². The Bertz CT molecular complexity index is 1200. The molecule has 31 heavy (non-hydrogen) atoms. The third kappa shape index (κ3) is 4.28. The van der Waals surface area contributed by atoms with Crippen molar-refractivity contribution in [3.05, 3.63) is 64.7 Å². The predicted octanol–water partition coefficient (Wildman–Crippen LogP) is 1.97. The summed E-state index contributed by atoms with van der Waals surface area (Å²) in [7, 11) is 3.25. The number of rotatable bonds is 6. The van der Waals surface area contributed by atoms with Gasteiger partial charge in [0.25, 0.3) is 5.56 Å². The van der Waals surface area contributed by atoms with Crippen LogP contribution in [0, 0.1) is 5.92 Å². The molecule has 1 aliphatic rings. The molecule has 0 aliphatic carbocycles. The first-order chi connectivity index (χ1) is 15.0. The minimum absolute atomic E-state index is 0.0355. The van der Waals surface area contributed by atoms with Crippen LogP contribution in [0.1, 0.15) is 12.0 Å². The number of aryl methyl sites for hydroxylation is 1. The molecule has 1 aliphatic heterocycles. The minimum Gasteiger partial charge on any atom is -0.496 e. The Labute approximate surface area is 179 Å². The van der Waals surface area contributed by atoms with E-state index < -0.39 is 5.92 Å². The number of aromatic nitrogens is 2. The number of hydrogen-bond acceptors (Lipinski definition) is 5. The van der Waals surface area contributed by atoms with E-state index in [-0.39, 0.29) is 23.8 Å². The van der Waals surface area contributed by atoms with Crippen LogP contribution >= 0.6 is 0 Å². The van der Waals surface area contributed by atoms with Crippen molar-refractivity contribution in [3.8, 4) is 5.75 Å². The quantitative estimate of drug-likeness (QED) is 0.658. The Morgan fingerprint density at radius 2 is 2.03 bits per heavy atom. The summed E-state index contributed by atoms with van der Waals surface area (Å²) in [6, 6.07) is 12.7. The second kappa shape index (κ2) is 8.59. The molecule has 2 amide bonds. The highest BCUT2D eigenvalue weighted by Gasteiger charge is 2.34. The largest absolute Gasteiger partial charge is 0.496 e. The molecule has 4 rings (SSSR count). The van der Waals surface area contributed by atoms with Gasteiger partial charge in [-0.3, -0.25) is 14.4 Å². The first kappa shape index (κ1) is 20.6. The fraction of sp³-hybridized carbons (Fsp3) is 0.304. The smallest absolute Gasteiger partial charge is 0.260 e. The molecule has 1 fully saturated rings. The number of amides is 2. The molecular formula is C23H24N4O4. The third-order valence-electron chi connectivity index (χ3n) is 5.61. The molecule has 8 heteroatoms. The van der Waals surface area contributed by atoms with Gasteiger partial charge in [0.2, 0.25) is 11.8 Å². The maximum absolute atomic E-state index is 12.8. The number of hydrogen-bond donors (Lipinski definition) is 1. The van der Waals surface area contributed by atoms with Crippen molar-refractivity contribution < 1.29 is 14.3 Å². The van der Waals surface area contributed by atoms with Gasteiger partial charge in [-0.25, -0.2) is 4.98 Å². The van der Waals surface area contributed by atoms with Gasteiger partial charge in [0, 0.05) is 32.2 Å². The zero-order chi connectivity index (χ0) is 22.0. The van der Waals surface area contributed by atoms with E-state index >= 15 is 0 Å². The Kier molecular flexibility index (Phi) is 5.70. The van der Waals surface area contributed by atoms with Crippen molar-refractivity contribution in [2.24, 2.45) is 13.0 Å². The molecule has 8 nitrogen and oxygen atoms in total. The van der Waals surface area contributed by atoms with Gasteiger partial charge in [-0.2, -0.15) is 0 Å². The van der Waals surface area contributed by atoms with Crippen molar-refractivity contribution >= 4 is 28.4 Å². The number of likely N-dealkylation sites (tertiary alicyclic amines) is 1. The molecule has 1 atom stereocenters. The van der Waals surface area contributed by atoms with Crippen molar-refractivity contribution in [2.45, 2.75) is 12.8 Å². The standard InChI is InChI=1S/C23H24N4O4/c1-26-14-24-19-8-7-17(12-18(19)23(26)30)25-22(29)16-11-21(28)27(13-16)10-9-15-5-3-4-6-20(15)31-2/h3-8,12,14,16H,9-11,13H2,1-2H3,(H,25,29). The summed E-state index contributed by atoms with van der Waals surface area (Å²) >= 11 is 0. The molecule has 2 heterocycles. The molecule has 3 aromatic rings. The van der Waals surface area contributed by atoms with Crippen LogP contribution in [-0.2, 0) is 23.1 Å². The van der Waals surface area contributed by atoms with Crippen LogP contribution in [0.15, 0.2) is 53.6 Å². The van der Waals surface area contributed by atoms with Gasteiger partial charge in [0.1, 0.15) is 5.75 Å². The molecule has 1 N–H and O–H groups in total. The summed E-state index contributed by atoms with van der Waals surface area (Å²) in [5.74, 6) is 0.0952. The fourth-order valence-electron chi connectivity index (χ4n) is 3.86. The number of carbonyl (C=O) groups is 2. The Morgan fingerprint density at radius 3 is 2.84 bits per heavy atom. The van der Waals surface area contributed by atoms with Crippen LogP contribution in [0.3, 0.4) is 0 Å². The highest BCUT2D eigenvalue weighted by molar-refractivity contribution is 5.98. The lowest BCUT2D eigenvalue weighted by atomic mass is 10.1. The van der Waals surface area contributed by atoms with Crippen LogP contribution in [0.4, 0.5) is 5.69 Å². The van der Waals surface area contributed by atoms with Gasteiger partial charge in [0.15, 0.2) is 0 Å². The average Bonchev–Trinajstić information content (AvgIpc) is 3.16. The maximum atomic E-state index is 12.8. The van der Waals surface area contributed by atoms with Gasteiger partial charge < -0.3 is 19.5 Å². The average molecular weight is 420 g/mol. The van der Waals surface area contributed by atoms with Crippen LogP contribution in [0.5, 0.6) is 5.75 Å². The highest BCUT2D eigenvalue weighted by Crippen LogP contribution is 2.23. The lowest BCUT2D eigenvalue weighted by molar-refractivity contribution is -0.128. The molecular weight excluding hydrogens is 396 g/mol. The lowest BCUT2D eigenvalue weighted by Crippen LogP contribution is -2.30. The first-order valence-corrected chi connectivity index (χ1v) is 10.1. The molecule has 1 saturated heterocycles. The van der Waals surface area contributed by atoms with Crippen molar-refractivity contribution in [1.82, 2.24) is 14.5 Å². The second-order valence-corrected chi connectivity index (χ2v) is 7.68. The highest BCUT2D eigenvalue weighted by atomic mass is 16.5. The number of nitrogens with one attached hydrogen (secondary N) is 1. The number of para-hydroxylation sites is 1. The monoisotopic (exact) mass is 420 g/mol. The zero-order valence-corrected chi connectivity index (χ0v) is 17.5. The van der Waals surface area contributed by atoms with E-state index in [1.165, 1.54) is 10.9 Å². The van der Waals surface area contributed by atoms with Gasteiger partial charge in [0.05, 0.1) is 30.3 Å². The SMILES string of the molecule is COc1ccccc1CCN1CC(C(=O)Nc2ccc3ncn(C)c(=O)c3c2)CC1=O. The van der Waals surface area contributed by atoms with Crippen LogP contribution in [0.2, 0.25) is 0 Å². The van der Waals surface area contributed by atoms with E-state index in [1.54, 1.807) is 37.3 Å². The molecule has 0 bridgehead atoms. The maximum Gasteiger partial charge on any atom is 0.260 e. The topological polar surface area (TPSA) is 93.5 Å². The van der Waals surface area contributed by atoms with E-state index in [2.05, 4.69) is 10.3 Å². The normalized spacial score (nSPS) is 16.0. The third-order valence-corrected chi connectivity index (χ3v) is 5.61. The first-order valence-electron chi connectivity index (χ1n) is 10.1. The number of nitrogens with zero attached hydrogens (tertiary/aromatic N) is 3. The number of ether oxygens (including phenoxy) is 1. The fourth-order valence-corrected chi connectivity index (χ4v) is 3.86. The molecule has 1 aromatic heterocycles. The molecule has 2 aromatic carbocycles. The summed E-state index contributed by atoms with van der Waals surface area (Å²) in [4.78, 5) is 43.4. The summed E-state index contributed by atoms with van der Waals surface area (Å²) < 4.78 is 6.76. The minimum atomic E-state index is -0.433.